The Balaban J connectivity index is -0.000000333. The fraction of sp³-hybridized carbons (Fsp3) is 0.600. The molecule has 0 unspecified atom stereocenters. The zero-order chi connectivity index (χ0) is 7.40. The summed E-state index contributed by atoms with van der Waals surface area (Å²) in [5, 5.41) is 0. The first-order valence-electron chi connectivity index (χ1n) is 4.11. The van der Waals surface area contributed by atoms with E-state index in [2.05, 4.69) is 26.0 Å². The molecule has 1 aliphatic carbocycles. The predicted molar refractivity (Wildman–Crippen MR) is 44.7 cm³/mol. The van der Waals surface area contributed by atoms with Crippen molar-refractivity contribution in [2.45, 2.75) is 39.5 Å². The van der Waals surface area contributed by atoms with Gasteiger partial charge in [-0.25, -0.2) is 17.7 Å². The molecule has 0 bridgehead atoms. The van der Waals surface area contributed by atoms with Crippen molar-refractivity contribution in [2.24, 2.45) is 0 Å². The summed E-state index contributed by atoms with van der Waals surface area (Å²) in [7, 11) is 0. The summed E-state index contributed by atoms with van der Waals surface area (Å²) in [4.78, 5) is 0. The van der Waals surface area contributed by atoms with Gasteiger partial charge in [-0.3, -0.25) is 0 Å². The second kappa shape index (κ2) is 11.9. The van der Waals surface area contributed by atoms with Crippen molar-refractivity contribution in [3.8, 4) is 0 Å². The van der Waals surface area contributed by atoms with Crippen LogP contribution < -0.4 is 48.0 Å². The van der Waals surface area contributed by atoms with Gasteiger partial charge in [0.15, 0.2) is 0 Å². The van der Waals surface area contributed by atoms with Crippen LogP contribution in [0.2, 0.25) is 0 Å². The van der Waals surface area contributed by atoms with Crippen molar-refractivity contribution in [1.82, 2.24) is 0 Å². The van der Waals surface area contributed by atoms with Crippen molar-refractivity contribution in [3.05, 3.63) is 23.3 Å². The zero-order valence-electron chi connectivity index (χ0n) is 8.16. The summed E-state index contributed by atoms with van der Waals surface area (Å²) in [6.45, 7) is 4.38. The average molecular weight is 568 g/mol. The summed E-state index contributed by atoms with van der Waals surface area (Å²) < 4.78 is 0. The van der Waals surface area contributed by atoms with Crippen LogP contribution in [0.4, 0.5) is 0 Å². The van der Waals surface area contributed by atoms with Crippen LogP contribution in [0.1, 0.15) is 39.5 Å². The molecule has 0 atom stereocenters. The largest absolute Gasteiger partial charge is 1.00 e. The van der Waals surface area contributed by atoms with E-state index in [1.54, 1.807) is 0 Å². The number of allylic oxidation sites excluding steroid dienone is 4. The van der Waals surface area contributed by atoms with Gasteiger partial charge in [0.1, 0.15) is 0 Å². The molecule has 0 spiro atoms. The van der Waals surface area contributed by atoms with Gasteiger partial charge in [0, 0.05) is 25.8 Å². The van der Waals surface area contributed by atoms with E-state index in [9.17, 15) is 0 Å². The number of rotatable bonds is 3. The first-order chi connectivity index (χ1) is 4.83. The molecule has 0 amide bonds. The van der Waals surface area contributed by atoms with Gasteiger partial charge in [-0.2, -0.15) is 5.57 Å². The average Bonchev–Trinajstić information content (AvgIpc) is 2.31. The van der Waals surface area contributed by atoms with Crippen LogP contribution in [0.3, 0.4) is 0 Å². The molecule has 1 aliphatic rings. The molecular weight excluding hydrogens is 552 g/mol. The Kier molecular flexibility index (Phi) is 18.5. The second-order valence-electron chi connectivity index (χ2n) is 2.94. The van der Waals surface area contributed by atoms with Crippen molar-refractivity contribution < 1.29 is 73.8 Å². The molecule has 0 aromatic rings. The Morgan fingerprint density at radius 1 is 1.38 bits per heavy atom. The molecule has 0 aliphatic heterocycles. The summed E-state index contributed by atoms with van der Waals surface area (Å²) in [6.07, 6.45) is 10.6. The Morgan fingerprint density at radius 2 is 2.00 bits per heavy atom. The Hall–Kier alpha value is 1.81. The molecule has 1 rings (SSSR count). The number of unbranched alkanes of at least 4 members (excludes halogenated alkanes) is 1. The van der Waals surface area contributed by atoms with Gasteiger partial charge >= 0.3 is 0 Å². The molecule has 13 heavy (non-hydrogen) atoms. The molecule has 76 valence electrons. The minimum Gasteiger partial charge on any atom is -1.00 e. The Bertz CT molecular complexity index is 174. The van der Waals surface area contributed by atoms with Gasteiger partial charge in [-0.1, -0.05) is 39.5 Å². The molecule has 0 radical (unpaired) electrons. The normalized spacial score (nSPS) is 13.1. The quantitative estimate of drug-likeness (QED) is 0.198. The molecular formula is C10H15HfI2-3. The SMILES string of the molecule is CCCCC1=CCC(C)=[C-]1.[Hf].[I-].[I-]. The molecule has 0 saturated heterocycles. The van der Waals surface area contributed by atoms with Gasteiger partial charge in [0.05, 0.1) is 0 Å². The van der Waals surface area contributed by atoms with Crippen LogP contribution in [0.15, 0.2) is 17.2 Å². The van der Waals surface area contributed by atoms with Crippen LogP contribution >= 0.6 is 0 Å². The van der Waals surface area contributed by atoms with Crippen LogP contribution in [-0.4, -0.2) is 0 Å². The number of halogens is 2. The zero-order valence-corrected chi connectivity index (χ0v) is 16.1. The molecule has 3 heteroatoms. The maximum absolute atomic E-state index is 3.37. The van der Waals surface area contributed by atoms with Crippen molar-refractivity contribution in [2.75, 3.05) is 0 Å². The van der Waals surface area contributed by atoms with Crippen LogP contribution in [0.5, 0.6) is 0 Å². The van der Waals surface area contributed by atoms with Crippen LogP contribution in [0.25, 0.3) is 0 Å². The van der Waals surface area contributed by atoms with E-state index in [-0.39, 0.29) is 73.8 Å². The van der Waals surface area contributed by atoms with E-state index in [1.165, 1.54) is 30.4 Å². The fourth-order valence-electron chi connectivity index (χ4n) is 1.18. The maximum atomic E-state index is 3.37. The smallest absolute Gasteiger partial charge is 0 e. The van der Waals surface area contributed by atoms with Gasteiger partial charge in [-0.15, -0.1) is 0 Å². The van der Waals surface area contributed by atoms with E-state index in [0.717, 1.165) is 6.42 Å². The molecule has 0 heterocycles. The fourth-order valence-corrected chi connectivity index (χ4v) is 1.18. The molecule has 0 aromatic heterocycles. The third-order valence-electron chi connectivity index (χ3n) is 1.83. The Morgan fingerprint density at radius 3 is 2.38 bits per heavy atom. The molecule has 0 saturated carbocycles. The van der Waals surface area contributed by atoms with Crippen molar-refractivity contribution in [3.63, 3.8) is 0 Å². The van der Waals surface area contributed by atoms with Crippen LogP contribution in [-0.2, 0) is 25.8 Å². The van der Waals surface area contributed by atoms with Crippen molar-refractivity contribution >= 4 is 0 Å². The molecule has 0 fully saturated rings. The molecule has 0 nitrogen and oxygen atoms in total. The second-order valence-corrected chi connectivity index (χ2v) is 2.94. The number of hydrogen-bond donors (Lipinski definition) is 0. The first-order valence-corrected chi connectivity index (χ1v) is 4.11. The Labute approximate surface area is 135 Å². The summed E-state index contributed by atoms with van der Waals surface area (Å²) in [5.74, 6) is 0. The predicted octanol–water partition coefficient (Wildman–Crippen LogP) is -2.74. The topological polar surface area (TPSA) is 0 Å². The van der Waals surface area contributed by atoms with E-state index < -0.39 is 0 Å². The standard InChI is InChI=1S/C10H15.Hf.2HI/c1-3-4-5-10-7-6-9(2)8-10;;;/h7H,3-6H2,1-2H3;;2*1H/q-1;;;/p-2. The monoisotopic (exact) mass is 569 g/mol. The summed E-state index contributed by atoms with van der Waals surface area (Å²) in [5.41, 5.74) is 2.82. The minimum atomic E-state index is 0. The summed E-state index contributed by atoms with van der Waals surface area (Å²) >= 11 is 0. The number of hydrogen-bond acceptors (Lipinski definition) is 0. The van der Waals surface area contributed by atoms with Gasteiger partial charge < -0.3 is 48.0 Å². The van der Waals surface area contributed by atoms with Crippen LogP contribution in [0, 0.1) is 6.08 Å². The van der Waals surface area contributed by atoms with E-state index >= 15 is 0 Å². The van der Waals surface area contributed by atoms with E-state index in [4.69, 9.17) is 0 Å². The van der Waals surface area contributed by atoms with Gasteiger partial charge in [0.2, 0.25) is 0 Å². The van der Waals surface area contributed by atoms with Crippen molar-refractivity contribution in [1.29, 1.82) is 0 Å². The first kappa shape index (κ1) is 20.3. The summed E-state index contributed by atoms with van der Waals surface area (Å²) in [6, 6.07) is 0. The molecule has 0 aromatic carbocycles. The maximum Gasteiger partial charge on any atom is 0 e. The van der Waals surface area contributed by atoms with E-state index in [0.29, 0.717) is 0 Å². The third-order valence-corrected chi connectivity index (χ3v) is 1.83. The van der Waals surface area contributed by atoms with E-state index in [1.807, 2.05) is 0 Å². The third kappa shape index (κ3) is 8.78. The molecule has 0 N–H and O–H groups in total. The van der Waals surface area contributed by atoms with Gasteiger partial charge in [0.25, 0.3) is 0 Å². The van der Waals surface area contributed by atoms with Gasteiger partial charge in [-0.05, 0) is 0 Å². The minimum absolute atomic E-state index is 0.